The van der Waals surface area contributed by atoms with E-state index in [2.05, 4.69) is 29.7 Å². The first-order chi connectivity index (χ1) is 26.4. The number of aromatic nitrogens is 2. The van der Waals surface area contributed by atoms with Gasteiger partial charge in [-0.3, -0.25) is 14.1 Å². The number of aromatic carboxylic acids is 1. The summed E-state index contributed by atoms with van der Waals surface area (Å²) in [5.41, 5.74) is -4.51. The van der Waals surface area contributed by atoms with Gasteiger partial charge in [-0.25, -0.2) is 38.4 Å². The van der Waals surface area contributed by atoms with Crippen molar-refractivity contribution in [1.82, 2.24) is 9.78 Å². The van der Waals surface area contributed by atoms with Gasteiger partial charge < -0.3 is 33.8 Å². The molecule has 3 N–H and O–H groups in total. The van der Waals surface area contributed by atoms with Crippen molar-refractivity contribution in [2.75, 3.05) is 12.4 Å². The zero-order chi connectivity index (χ0) is 42.2. The number of carboxylic acid groups (broad SMARTS) is 1. The van der Waals surface area contributed by atoms with Crippen LogP contribution in [0.3, 0.4) is 0 Å². The number of carboxylic acids is 1. The summed E-state index contributed by atoms with van der Waals surface area (Å²) in [6.45, 7) is 0.547. The minimum absolute atomic E-state index is 0. The van der Waals surface area contributed by atoms with E-state index in [9.17, 15) is 72.2 Å². The minimum atomic E-state index is -5.38. The van der Waals surface area contributed by atoms with E-state index >= 15 is 0 Å². The molecule has 23 nitrogen and oxygen atoms in total. The molecular weight excluding hydrogens is 1000 g/mol. The van der Waals surface area contributed by atoms with Crippen LogP contribution in [-0.4, -0.2) is 85.7 Å². The van der Waals surface area contributed by atoms with Crippen LogP contribution in [0.2, 0.25) is 0 Å². The van der Waals surface area contributed by atoms with Crippen LogP contribution in [0, 0.1) is 6.92 Å². The topological polar surface area (TPSA) is 383 Å². The number of nitrogens with zero attached hydrogens (tertiary/aromatic N) is 5. The number of hydrogen-bond acceptors (Lipinski definition) is 21. The Morgan fingerprint density at radius 1 is 0.774 bits per heavy atom. The van der Waals surface area contributed by atoms with Crippen molar-refractivity contribution in [3.05, 3.63) is 82.3 Å². The zero-order valence-corrected chi connectivity index (χ0v) is 44.8. The number of carbonyl (C=O) groups excluding carboxylic acids is 1. The van der Waals surface area contributed by atoms with Crippen molar-refractivity contribution in [1.29, 1.82) is 0 Å². The van der Waals surface area contributed by atoms with Gasteiger partial charge >= 0.3 is 118 Å². The Balaban J connectivity index is 0.00000744. The van der Waals surface area contributed by atoms with E-state index in [4.69, 9.17) is 0 Å². The quantitative estimate of drug-likeness (QED) is 0.0306. The van der Waals surface area contributed by atoms with E-state index in [1.165, 1.54) is 19.1 Å². The molecule has 0 amide bonds. The van der Waals surface area contributed by atoms with Crippen molar-refractivity contribution >= 4 is 80.0 Å². The van der Waals surface area contributed by atoms with Gasteiger partial charge in [0, 0.05) is 28.5 Å². The average molecular weight is 1020 g/mol. The number of azo groups is 2. The molecule has 62 heavy (non-hydrogen) atoms. The fourth-order valence-corrected chi connectivity index (χ4v) is 8.09. The summed E-state index contributed by atoms with van der Waals surface area (Å²) in [7, 11) is -19.5. The van der Waals surface area contributed by atoms with Gasteiger partial charge in [0.1, 0.15) is 43.1 Å². The molecule has 4 aromatic carbocycles. The second kappa shape index (κ2) is 23.9. The summed E-state index contributed by atoms with van der Waals surface area (Å²) in [6, 6.07) is 9.79. The van der Waals surface area contributed by atoms with Crippen molar-refractivity contribution in [3.63, 3.8) is 0 Å². The number of aromatic amines is 1. The Morgan fingerprint density at radius 2 is 1.37 bits per heavy atom. The summed E-state index contributed by atoms with van der Waals surface area (Å²) in [5, 5.41) is 50.2. The predicted octanol–water partition coefficient (Wildman–Crippen LogP) is -10.3. The second-order valence-electron chi connectivity index (χ2n) is 11.6. The molecule has 1 aromatic heterocycles. The number of fused-ring (bicyclic) bond motifs is 1. The molecule has 313 valence electrons. The fourth-order valence-electron chi connectivity index (χ4n) is 5.09. The van der Waals surface area contributed by atoms with E-state index in [-0.39, 0.29) is 163 Å². The molecule has 0 aliphatic rings. The first kappa shape index (κ1) is 60.6. The van der Waals surface area contributed by atoms with E-state index in [0.29, 0.717) is 4.68 Å². The molecule has 32 heteroatoms. The number of carbonyl (C=O) groups is 1. The first-order valence-corrected chi connectivity index (χ1v) is 21.1. The van der Waals surface area contributed by atoms with Gasteiger partial charge in [-0.15, -0.1) is 15.3 Å². The van der Waals surface area contributed by atoms with Gasteiger partial charge in [0.2, 0.25) is 10.4 Å². The van der Waals surface area contributed by atoms with E-state index < -0.39 is 120 Å². The monoisotopic (exact) mass is 1020 g/mol. The SMILES string of the molecule is Cc1cc(N=Nc2c(S(=O)(=O)[O-])cc3ccc(N=Nc4c(C(=O)[O-])[nH]n(-c5ccc(S(=O)(=O)[O-])cc5)c4=O)cc3c2O)c(O)cc1S(=O)(=O)CCCOS(=O)(=O)[O-].[Cu].[Na+].[Na+].[Na+].[Na+]. The summed E-state index contributed by atoms with van der Waals surface area (Å²) >= 11 is 0. The third kappa shape index (κ3) is 14.8. The van der Waals surface area contributed by atoms with E-state index in [1.807, 2.05) is 0 Å². The first-order valence-electron chi connectivity index (χ1n) is 15.3. The van der Waals surface area contributed by atoms with Crippen molar-refractivity contribution in [2.24, 2.45) is 20.5 Å². The summed E-state index contributed by atoms with van der Waals surface area (Å²) in [5.74, 6) is -4.39. The number of aromatic hydroxyl groups is 2. The number of phenols is 2. The summed E-state index contributed by atoms with van der Waals surface area (Å²) in [4.78, 5) is 22.8. The fraction of sp³-hybridized carbons (Fsp3) is 0.133. The number of nitrogens with one attached hydrogen (secondary N) is 1. The van der Waals surface area contributed by atoms with Crippen LogP contribution in [0.25, 0.3) is 16.5 Å². The smallest absolute Gasteiger partial charge is 0.744 e. The molecule has 0 saturated heterocycles. The van der Waals surface area contributed by atoms with Crippen LogP contribution in [0.5, 0.6) is 11.5 Å². The molecule has 5 rings (SSSR count). The van der Waals surface area contributed by atoms with Crippen LogP contribution in [0.1, 0.15) is 22.5 Å². The van der Waals surface area contributed by atoms with Crippen LogP contribution >= 0.6 is 0 Å². The summed E-state index contributed by atoms with van der Waals surface area (Å²) in [6.07, 6.45) is -0.411. The minimum Gasteiger partial charge on any atom is -0.744 e. The normalized spacial score (nSPS) is 11.9. The van der Waals surface area contributed by atoms with Gasteiger partial charge in [0.25, 0.3) is 5.56 Å². The second-order valence-corrected chi connectivity index (χ2v) is 17.4. The van der Waals surface area contributed by atoms with Crippen LogP contribution in [0.15, 0.2) is 101 Å². The Morgan fingerprint density at radius 3 is 1.92 bits per heavy atom. The number of phenolic OH excluding ortho intramolecular Hbond substituents is 2. The van der Waals surface area contributed by atoms with Crippen LogP contribution < -0.4 is 129 Å². The largest absolute Gasteiger partial charge is 1.00 e. The molecule has 0 atom stereocenters. The number of sulfone groups is 1. The molecule has 0 bridgehead atoms. The third-order valence-corrected chi connectivity index (χ3v) is 11.8. The third-order valence-electron chi connectivity index (χ3n) is 7.67. The predicted molar refractivity (Wildman–Crippen MR) is 186 cm³/mol. The average Bonchev–Trinajstić information content (AvgIpc) is 3.44. The van der Waals surface area contributed by atoms with Gasteiger partial charge in [0.05, 0.1) is 44.4 Å². The standard InChI is InChI=1S/C30H26N6O17S4.Cu.4Na/c1-15-11-21(22(37)14-23(15)54(42,43)10-2-9-53-57(50,51)52)32-33-25-24(56(47,48)49)12-16-3-4-17(13-20(16)28(25)38)31-34-26-27(30(40)41)35-36(29(26)39)18-5-7-19(8-6-18)55(44,45)46;;;;;/h3-8,11-14,35,37-38H,2,9-10H2,1H3,(H,40,41)(H,44,45,46)(H,47,48,49)(H,50,51,52);;;;;/q;;4*+1/p-4. The Bertz CT molecular complexity index is 3060. The maximum Gasteiger partial charge on any atom is 1.00 e. The van der Waals surface area contributed by atoms with Gasteiger partial charge in [-0.05, 0) is 72.8 Å². The van der Waals surface area contributed by atoms with Gasteiger partial charge in [-0.2, -0.15) is 5.11 Å². The maximum atomic E-state index is 13.1. The Labute approximate surface area is 450 Å². The van der Waals surface area contributed by atoms with Crippen molar-refractivity contribution in [2.45, 2.75) is 28.0 Å². The molecule has 0 fully saturated rings. The molecule has 0 aliphatic carbocycles. The Hall–Kier alpha value is -1.42. The van der Waals surface area contributed by atoms with Crippen LogP contribution in [-0.2, 0) is 61.7 Å². The van der Waals surface area contributed by atoms with Gasteiger partial charge in [-0.1, -0.05) is 6.07 Å². The zero-order valence-electron chi connectivity index (χ0n) is 32.6. The summed E-state index contributed by atoms with van der Waals surface area (Å²) < 4.78 is 132. The maximum absolute atomic E-state index is 13.1. The molecular formula is C30H22CuN6Na4O17S4. The molecule has 5 aromatic rings. The number of hydrogen-bond donors (Lipinski definition) is 3. The van der Waals surface area contributed by atoms with Crippen molar-refractivity contribution < 1.29 is 207 Å². The molecule has 0 spiro atoms. The molecule has 0 aliphatic heterocycles. The molecule has 1 heterocycles. The Kier molecular flexibility index (Phi) is 23.3. The number of benzene rings is 4. The molecule has 0 unspecified atom stereocenters. The molecule has 1 radical (unpaired) electrons. The van der Waals surface area contributed by atoms with E-state index in [0.717, 1.165) is 48.5 Å². The number of aryl methyl sites for hydroxylation is 1. The number of H-pyrrole nitrogens is 1. The molecule has 0 saturated carbocycles. The van der Waals surface area contributed by atoms with Crippen molar-refractivity contribution in [3.8, 4) is 17.2 Å². The van der Waals surface area contributed by atoms with Crippen LogP contribution in [0.4, 0.5) is 22.7 Å². The van der Waals surface area contributed by atoms with Gasteiger partial charge in [0.15, 0.2) is 21.3 Å². The number of rotatable bonds is 14. The van der Waals surface area contributed by atoms with E-state index in [1.54, 1.807) is 0 Å².